The zero-order valence-electron chi connectivity index (χ0n) is 14.6. The summed E-state index contributed by atoms with van der Waals surface area (Å²) in [6.45, 7) is -0.395. The summed E-state index contributed by atoms with van der Waals surface area (Å²) in [5.74, 6) is 0.314. The summed E-state index contributed by atoms with van der Waals surface area (Å²) in [5.41, 5.74) is 8.32. The van der Waals surface area contributed by atoms with Gasteiger partial charge in [0.2, 0.25) is 0 Å². The minimum Gasteiger partial charge on any atom is -0.394 e. The van der Waals surface area contributed by atoms with Gasteiger partial charge < -0.3 is 30.4 Å². The topological polar surface area (TPSA) is 127 Å². The van der Waals surface area contributed by atoms with E-state index in [0.717, 1.165) is 16.0 Å². The number of hydrogen-bond acceptors (Lipinski definition) is 8. The highest BCUT2D eigenvalue weighted by Crippen LogP contribution is 2.38. The van der Waals surface area contributed by atoms with Crippen LogP contribution in [-0.4, -0.2) is 61.0 Å². The fraction of sp³-hybridized carbons (Fsp3) is 0.333. The van der Waals surface area contributed by atoms with E-state index < -0.39 is 31.1 Å². The third kappa shape index (κ3) is 2.97. The van der Waals surface area contributed by atoms with Crippen molar-refractivity contribution in [3.05, 3.63) is 36.8 Å². The van der Waals surface area contributed by atoms with Gasteiger partial charge in [0.25, 0.3) is 0 Å². The molecule has 4 atom stereocenters. The molecule has 4 unspecified atom stereocenters. The first-order valence-electron chi connectivity index (χ1n) is 8.43. The third-order valence-corrected chi connectivity index (χ3v) is 5.57. The van der Waals surface area contributed by atoms with Gasteiger partial charge in [0.15, 0.2) is 6.23 Å². The highest BCUT2D eigenvalue weighted by atomic mass is 32.2. The van der Waals surface area contributed by atoms with Crippen molar-refractivity contribution in [2.45, 2.75) is 29.4 Å². The summed E-state index contributed by atoms with van der Waals surface area (Å²) < 4.78 is 7.30. The van der Waals surface area contributed by atoms with Crippen LogP contribution in [0.15, 0.2) is 41.7 Å². The predicted molar refractivity (Wildman–Crippen MR) is 102 cm³/mol. The van der Waals surface area contributed by atoms with E-state index in [1.54, 1.807) is 22.5 Å². The molecule has 142 valence electrons. The van der Waals surface area contributed by atoms with Crippen molar-refractivity contribution in [1.82, 2.24) is 14.5 Å². The van der Waals surface area contributed by atoms with E-state index in [9.17, 15) is 15.3 Å². The molecule has 3 heterocycles. The van der Waals surface area contributed by atoms with Gasteiger partial charge >= 0.3 is 0 Å². The number of fused-ring (bicyclic) bond motifs is 1. The molecular formula is C18H20N4O4S. The molecule has 1 fully saturated rings. The molecule has 0 spiro atoms. The lowest BCUT2D eigenvalue weighted by Gasteiger charge is -2.17. The highest BCUT2D eigenvalue weighted by molar-refractivity contribution is 7.98. The number of aromatic nitrogens is 3. The van der Waals surface area contributed by atoms with Gasteiger partial charge in [-0.05, 0) is 24.0 Å². The maximum Gasteiger partial charge on any atom is 0.164 e. The standard InChI is InChI=1S/C18H20N4O4S/c1-27-10-4-2-9(3-5-10)11-6-22(17-13(11)16(19)20-8-21-17)18-15(25)14(24)12(7-23)26-18/h2-6,8,12,14-15,18,23-25H,7H2,1H3,(H2,19,20,21). The maximum absolute atomic E-state index is 10.4. The summed E-state index contributed by atoms with van der Waals surface area (Å²) in [5, 5.41) is 30.5. The van der Waals surface area contributed by atoms with Gasteiger partial charge in [-0.3, -0.25) is 0 Å². The summed E-state index contributed by atoms with van der Waals surface area (Å²) in [6.07, 6.45) is 0.968. The Hall–Kier alpha value is -2.17. The Kier molecular flexibility index (Phi) is 4.79. The molecule has 9 heteroatoms. The average molecular weight is 388 g/mol. The van der Waals surface area contributed by atoms with Crippen LogP contribution in [0.25, 0.3) is 22.2 Å². The van der Waals surface area contributed by atoms with Crippen molar-refractivity contribution in [2.24, 2.45) is 0 Å². The number of thioether (sulfide) groups is 1. The number of nitrogens with zero attached hydrogens (tertiary/aromatic N) is 3. The first kappa shape index (κ1) is 18.2. The Bertz CT molecular complexity index is 962. The molecule has 8 nitrogen and oxygen atoms in total. The van der Waals surface area contributed by atoms with Gasteiger partial charge in [0.1, 0.15) is 36.1 Å². The van der Waals surface area contributed by atoms with Crippen LogP contribution in [0.5, 0.6) is 0 Å². The fourth-order valence-corrected chi connectivity index (χ4v) is 3.81. The Morgan fingerprint density at radius 1 is 1.19 bits per heavy atom. The van der Waals surface area contributed by atoms with Crippen LogP contribution in [0.1, 0.15) is 6.23 Å². The SMILES string of the molecule is CSc1ccc(-c2cn(C3OC(CO)C(O)C3O)c3ncnc(N)c23)cc1. The summed E-state index contributed by atoms with van der Waals surface area (Å²) in [7, 11) is 0. The van der Waals surface area contributed by atoms with Crippen LogP contribution in [0, 0.1) is 0 Å². The highest BCUT2D eigenvalue weighted by Gasteiger charge is 2.44. The maximum atomic E-state index is 10.4. The molecule has 1 saturated heterocycles. The van der Waals surface area contributed by atoms with Gasteiger partial charge in [-0.1, -0.05) is 12.1 Å². The van der Waals surface area contributed by atoms with Gasteiger partial charge in [0.05, 0.1) is 12.0 Å². The van der Waals surface area contributed by atoms with Gasteiger partial charge in [-0.2, -0.15) is 0 Å². The number of benzene rings is 1. The van der Waals surface area contributed by atoms with Crippen molar-refractivity contribution in [3.8, 4) is 11.1 Å². The smallest absolute Gasteiger partial charge is 0.164 e. The molecule has 27 heavy (non-hydrogen) atoms. The van der Waals surface area contributed by atoms with Gasteiger partial charge in [-0.25, -0.2) is 9.97 Å². The van der Waals surface area contributed by atoms with E-state index in [1.807, 2.05) is 30.5 Å². The van der Waals surface area contributed by atoms with Crippen molar-refractivity contribution < 1.29 is 20.1 Å². The molecule has 1 aliphatic rings. The Morgan fingerprint density at radius 3 is 2.56 bits per heavy atom. The molecule has 1 aliphatic heterocycles. The molecule has 2 aromatic heterocycles. The van der Waals surface area contributed by atoms with Crippen molar-refractivity contribution >= 4 is 28.6 Å². The van der Waals surface area contributed by atoms with E-state index >= 15 is 0 Å². The number of nitrogen functional groups attached to an aromatic ring is 1. The molecular weight excluding hydrogens is 368 g/mol. The van der Waals surface area contributed by atoms with Crippen molar-refractivity contribution in [2.75, 3.05) is 18.6 Å². The van der Waals surface area contributed by atoms with E-state index in [1.165, 1.54) is 6.33 Å². The van der Waals surface area contributed by atoms with Crippen LogP contribution < -0.4 is 5.73 Å². The molecule has 0 aliphatic carbocycles. The zero-order chi connectivity index (χ0) is 19.1. The molecule has 1 aromatic carbocycles. The first-order chi connectivity index (χ1) is 13.0. The third-order valence-electron chi connectivity index (χ3n) is 4.83. The lowest BCUT2D eigenvalue weighted by molar-refractivity contribution is -0.0508. The molecule has 3 aromatic rings. The second kappa shape index (κ2) is 7.10. The number of rotatable bonds is 4. The van der Waals surface area contributed by atoms with Crippen LogP contribution in [0.2, 0.25) is 0 Å². The van der Waals surface area contributed by atoms with Crippen LogP contribution in [-0.2, 0) is 4.74 Å². The van der Waals surface area contributed by atoms with Crippen LogP contribution in [0.4, 0.5) is 5.82 Å². The minimum atomic E-state index is -1.21. The monoisotopic (exact) mass is 388 g/mol. The van der Waals surface area contributed by atoms with E-state index in [-0.39, 0.29) is 0 Å². The average Bonchev–Trinajstić information content (AvgIpc) is 3.21. The van der Waals surface area contributed by atoms with Crippen molar-refractivity contribution in [1.29, 1.82) is 0 Å². The van der Waals surface area contributed by atoms with E-state index in [0.29, 0.717) is 16.9 Å². The second-order valence-electron chi connectivity index (χ2n) is 6.36. The molecule has 5 N–H and O–H groups in total. The second-order valence-corrected chi connectivity index (χ2v) is 7.24. The number of aliphatic hydroxyl groups is 3. The summed E-state index contributed by atoms with van der Waals surface area (Å²) in [6, 6.07) is 7.98. The summed E-state index contributed by atoms with van der Waals surface area (Å²) in [4.78, 5) is 9.53. The van der Waals surface area contributed by atoms with Gasteiger partial charge in [0, 0.05) is 16.7 Å². The molecule has 0 saturated carbocycles. The predicted octanol–water partition coefficient (Wildman–Crippen LogP) is 1.01. The molecule has 0 bridgehead atoms. The Morgan fingerprint density at radius 2 is 1.93 bits per heavy atom. The number of nitrogens with two attached hydrogens (primary N) is 1. The zero-order valence-corrected chi connectivity index (χ0v) is 15.4. The Labute approximate surface area is 159 Å². The number of ether oxygens (including phenoxy) is 1. The Balaban J connectivity index is 1.87. The number of anilines is 1. The fourth-order valence-electron chi connectivity index (χ4n) is 3.40. The van der Waals surface area contributed by atoms with E-state index in [2.05, 4.69) is 9.97 Å². The van der Waals surface area contributed by atoms with Crippen LogP contribution in [0.3, 0.4) is 0 Å². The lowest BCUT2D eigenvalue weighted by Crippen LogP contribution is -2.33. The number of hydrogen-bond donors (Lipinski definition) is 4. The largest absolute Gasteiger partial charge is 0.394 e. The van der Waals surface area contributed by atoms with Crippen LogP contribution >= 0.6 is 11.8 Å². The number of aliphatic hydroxyl groups excluding tert-OH is 3. The molecule has 4 rings (SSSR count). The van der Waals surface area contributed by atoms with Crippen molar-refractivity contribution in [3.63, 3.8) is 0 Å². The summed E-state index contributed by atoms with van der Waals surface area (Å²) >= 11 is 1.65. The molecule has 0 amide bonds. The van der Waals surface area contributed by atoms with Gasteiger partial charge in [-0.15, -0.1) is 11.8 Å². The normalized spacial score (nSPS) is 25.3. The van der Waals surface area contributed by atoms with E-state index in [4.69, 9.17) is 10.5 Å². The minimum absolute atomic E-state index is 0.314. The lowest BCUT2D eigenvalue weighted by atomic mass is 10.1. The first-order valence-corrected chi connectivity index (χ1v) is 9.65. The quantitative estimate of drug-likeness (QED) is 0.488. The molecule has 0 radical (unpaired) electrons.